The van der Waals surface area contributed by atoms with Crippen molar-refractivity contribution >= 4 is 27.7 Å². The van der Waals surface area contributed by atoms with E-state index in [-0.39, 0.29) is 12.3 Å². The lowest BCUT2D eigenvalue weighted by molar-refractivity contribution is -0.122. The van der Waals surface area contributed by atoms with E-state index in [0.717, 1.165) is 10.2 Å². The van der Waals surface area contributed by atoms with Crippen LogP contribution >= 0.6 is 15.9 Å². The summed E-state index contributed by atoms with van der Waals surface area (Å²) in [6.45, 7) is 0.399. The third-order valence-electron chi connectivity index (χ3n) is 3.56. The van der Waals surface area contributed by atoms with Crippen LogP contribution in [0.25, 0.3) is 0 Å². The van der Waals surface area contributed by atoms with Crippen molar-refractivity contribution in [1.82, 2.24) is 10.9 Å². The van der Waals surface area contributed by atoms with Gasteiger partial charge in [-0.15, -0.1) is 0 Å². The number of hydrogen-bond donors (Lipinski definition) is 2. The first-order valence-electron chi connectivity index (χ1n) is 8.22. The van der Waals surface area contributed by atoms with E-state index in [1.165, 1.54) is 14.2 Å². The Morgan fingerprint density at radius 1 is 0.926 bits per heavy atom. The number of amides is 2. The number of ether oxygens (including phenoxy) is 3. The van der Waals surface area contributed by atoms with Crippen LogP contribution in [0.3, 0.4) is 0 Å². The van der Waals surface area contributed by atoms with E-state index in [1.807, 2.05) is 24.3 Å². The minimum Gasteiger partial charge on any atom is -0.497 e. The minimum atomic E-state index is -0.466. The summed E-state index contributed by atoms with van der Waals surface area (Å²) in [7, 11) is 2.99. The second kappa shape index (κ2) is 10.4. The Labute approximate surface area is 166 Å². The largest absolute Gasteiger partial charge is 0.497 e. The molecule has 0 saturated heterocycles. The van der Waals surface area contributed by atoms with Crippen molar-refractivity contribution in [3.8, 4) is 17.2 Å². The number of benzene rings is 2. The highest BCUT2D eigenvalue weighted by atomic mass is 79.9. The van der Waals surface area contributed by atoms with Crippen LogP contribution in [0, 0.1) is 0 Å². The number of nitrogens with one attached hydrogen (secondary N) is 2. The molecule has 0 aromatic heterocycles. The van der Waals surface area contributed by atoms with E-state index in [0.29, 0.717) is 30.1 Å². The van der Waals surface area contributed by atoms with Gasteiger partial charge in [0.1, 0.15) is 17.2 Å². The van der Waals surface area contributed by atoms with Crippen molar-refractivity contribution in [3.63, 3.8) is 0 Å². The number of rotatable bonds is 8. The van der Waals surface area contributed by atoms with Gasteiger partial charge >= 0.3 is 0 Å². The first kappa shape index (κ1) is 20.6. The number of hydrazine groups is 1. The maximum atomic E-state index is 12.2. The predicted octanol–water partition coefficient (Wildman–Crippen LogP) is 3.09. The van der Waals surface area contributed by atoms with E-state index in [9.17, 15) is 9.59 Å². The van der Waals surface area contributed by atoms with Gasteiger partial charge in [-0.3, -0.25) is 20.4 Å². The van der Waals surface area contributed by atoms with Crippen molar-refractivity contribution in [3.05, 3.63) is 52.5 Å². The molecule has 0 atom stereocenters. The zero-order valence-electron chi connectivity index (χ0n) is 15.1. The molecule has 0 fully saturated rings. The molecule has 2 N–H and O–H groups in total. The summed E-state index contributed by atoms with van der Waals surface area (Å²) in [5.41, 5.74) is 5.06. The number of carbonyl (C=O) groups is 2. The summed E-state index contributed by atoms with van der Waals surface area (Å²) in [5, 5.41) is 0. The topological polar surface area (TPSA) is 85.9 Å². The van der Waals surface area contributed by atoms with E-state index in [1.54, 1.807) is 18.2 Å². The van der Waals surface area contributed by atoms with E-state index >= 15 is 0 Å². The summed E-state index contributed by atoms with van der Waals surface area (Å²) >= 11 is 3.35. The molecular weight excluding hydrogens is 416 g/mol. The van der Waals surface area contributed by atoms with Crippen molar-refractivity contribution in [2.24, 2.45) is 0 Å². The van der Waals surface area contributed by atoms with Gasteiger partial charge in [-0.25, -0.2) is 0 Å². The molecule has 0 radical (unpaired) electrons. The van der Waals surface area contributed by atoms with Gasteiger partial charge in [-0.2, -0.15) is 0 Å². The molecule has 0 unspecified atom stereocenters. The average Bonchev–Trinajstić information content (AvgIpc) is 2.70. The molecule has 27 heavy (non-hydrogen) atoms. The van der Waals surface area contributed by atoms with E-state index in [4.69, 9.17) is 14.2 Å². The minimum absolute atomic E-state index is 0.220. The van der Waals surface area contributed by atoms with Gasteiger partial charge in [0.05, 0.1) is 20.8 Å². The summed E-state index contributed by atoms with van der Waals surface area (Å²) < 4.78 is 16.7. The van der Waals surface area contributed by atoms with Crippen molar-refractivity contribution in [2.75, 3.05) is 20.8 Å². The summed E-state index contributed by atoms with van der Waals surface area (Å²) in [6.07, 6.45) is 0.739. The van der Waals surface area contributed by atoms with Crippen LogP contribution in [0.1, 0.15) is 23.2 Å². The van der Waals surface area contributed by atoms with Gasteiger partial charge in [0.2, 0.25) is 5.91 Å². The Kier molecular flexibility index (Phi) is 7.94. The van der Waals surface area contributed by atoms with Crippen LogP contribution in [0.2, 0.25) is 0 Å². The number of methoxy groups -OCH3 is 2. The molecule has 0 bridgehead atoms. The molecule has 144 valence electrons. The fourth-order valence-corrected chi connectivity index (χ4v) is 2.42. The lowest BCUT2D eigenvalue weighted by Gasteiger charge is -2.10. The zero-order valence-corrected chi connectivity index (χ0v) is 16.7. The van der Waals surface area contributed by atoms with E-state index < -0.39 is 5.91 Å². The van der Waals surface area contributed by atoms with Crippen molar-refractivity contribution in [1.29, 1.82) is 0 Å². The van der Waals surface area contributed by atoms with Crippen LogP contribution in [0.4, 0.5) is 0 Å². The molecule has 8 heteroatoms. The molecule has 0 aliphatic heterocycles. The predicted molar refractivity (Wildman–Crippen MR) is 104 cm³/mol. The van der Waals surface area contributed by atoms with Crippen LogP contribution in [0.5, 0.6) is 17.2 Å². The van der Waals surface area contributed by atoms with Gasteiger partial charge in [0, 0.05) is 22.5 Å². The van der Waals surface area contributed by atoms with Gasteiger partial charge in [-0.05, 0) is 42.8 Å². The number of halogens is 1. The summed E-state index contributed by atoms with van der Waals surface area (Å²) in [4.78, 5) is 24.0. The zero-order chi connectivity index (χ0) is 19.6. The van der Waals surface area contributed by atoms with Crippen LogP contribution < -0.4 is 25.1 Å². The fourth-order valence-electron chi connectivity index (χ4n) is 2.15. The third kappa shape index (κ3) is 6.82. The van der Waals surface area contributed by atoms with Gasteiger partial charge in [0.15, 0.2) is 0 Å². The van der Waals surface area contributed by atoms with Crippen LogP contribution in [0.15, 0.2) is 46.9 Å². The van der Waals surface area contributed by atoms with Gasteiger partial charge < -0.3 is 14.2 Å². The highest BCUT2D eigenvalue weighted by Crippen LogP contribution is 2.22. The molecular formula is C19H21BrN2O5. The normalized spacial score (nSPS) is 10.0. The number of carbonyl (C=O) groups excluding carboxylic acids is 2. The molecule has 2 amide bonds. The van der Waals surface area contributed by atoms with Crippen LogP contribution in [-0.4, -0.2) is 32.6 Å². The first-order chi connectivity index (χ1) is 13.0. The third-order valence-corrected chi connectivity index (χ3v) is 4.09. The Hall–Kier alpha value is -2.74. The molecule has 2 aromatic carbocycles. The molecule has 0 aliphatic carbocycles. The fraction of sp³-hybridized carbons (Fsp3) is 0.263. The molecule has 0 spiro atoms. The maximum Gasteiger partial charge on any atom is 0.269 e. The Bertz CT molecular complexity index is 758. The highest BCUT2D eigenvalue weighted by molar-refractivity contribution is 9.10. The Balaban J connectivity index is 1.73. The van der Waals surface area contributed by atoms with Crippen molar-refractivity contribution in [2.45, 2.75) is 12.8 Å². The number of hydrogen-bond acceptors (Lipinski definition) is 5. The lowest BCUT2D eigenvalue weighted by atomic mass is 10.2. The van der Waals surface area contributed by atoms with E-state index in [2.05, 4.69) is 26.8 Å². The Morgan fingerprint density at radius 3 is 2.15 bits per heavy atom. The summed E-state index contributed by atoms with van der Waals surface area (Å²) in [5.74, 6) is 0.926. The molecule has 0 saturated carbocycles. The highest BCUT2D eigenvalue weighted by Gasteiger charge is 2.11. The maximum absolute atomic E-state index is 12.2. The smallest absolute Gasteiger partial charge is 0.269 e. The van der Waals surface area contributed by atoms with Crippen LogP contribution in [-0.2, 0) is 4.79 Å². The Morgan fingerprint density at radius 2 is 1.56 bits per heavy atom. The summed E-state index contributed by atoms with van der Waals surface area (Å²) in [6, 6.07) is 12.2. The second-order valence-electron chi connectivity index (χ2n) is 5.51. The van der Waals surface area contributed by atoms with Crippen molar-refractivity contribution < 1.29 is 23.8 Å². The lowest BCUT2D eigenvalue weighted by Crippen LogP contribution is -2.41. The molecule has 0 heterocycles. The van der Waals surface area contributed by atoms with Gasteiger partial charge in [-0.1, -0.05) is 15.9 Å². The second-order valence-corrected chi connectivity index (χ2v) is 6.43. The average molecular weight is 437 g/mol. The quantitative estimate of drug-likeness (QED) is 0.490. The monoisotopic (exact) mass is 436 g/mol. The molecule has 7 nitrogen and oxygen atoms in total. The molecule has 2 aromatic rings. The first-order valence-corrected chi connectivity index (χ1v) is 9.01. The SMILES string of the molecule is COc1cc(OC)cc(C(=O)NNC(=O)CCCOc2ccc(Br)cc2)c1. The van der Waals surface area contributed by atoms with Gasteiger partial charge in [0.25, 0.3) is 5.91 Å². The standard InChI is InChI=1S/C19H21BrN2O5/c1-25-16-10-13(11-17(12-16)26-2)19(24)22-21-18(23)4-3-9-27-15-7-5-14(20)6-8-15/h5-8,10-12H,3-4,9H2,1-2H3,(H,21,23)(H,22,24). The molecule has 0 aliphatic rings. The molecule has 2 rings (SSSR count).